The molecule has 2 atom stereocenters. The van der Waals surface area contributed by atoms with E-state index >= 15 is 0 Å². The van der Waals surface area contributed by atoms with E-state index in [2.05, 4.69) is 20.5 Å². The highest BCUT2D eigenvalue weighted by Gasteiger charge is 2.39. The predicted octanol–water partition coefficient (Wildman–Crippen LogP) is 1.55. The summed E-state index contributed by atoms with van der Waals surface area (Å²) in [4.78, 5) is 32.2. The van der Waals surface area contributed by atoms with Crippen LogP contribution in [0.1, 0.15) is 42.5 Å². The van der Waals surface area contributed by atoms with Gasteiger partial charge >= 0.3 is 0 Å². The lowest BCUT2D eigenvalue weighted by atomic mass is 9.99. The van der Waals surface area contributed by atoms with Crippen LogP contribution in [-0.2, 0) is 20.7 Å². The van der Waals surface area contributed by atoms with Gasteiger partial charge in [-0.1, -0.05) is 12.1 Å². The van der Waals surface area contributed by atoms with Crippen molar-refractivity contribution in [2.75, 3.05) is 26.9 Å². The Hall–Kier alpha value is -2.94. The van der Waals surface area contributed by atoms with E-state index in [-0.39, 0.29) is 36.2 Å². The van der Waals surface area contributed by atoms with E-state index in [0.717, 1.165) is 24.2 Å². The van der Waals surface area contributed by atoms with Crippen LogP contribution in [0.15, 0.2) is 24.3 Å². The number of hydrogen-bond acceptors (Lipinski definition) is 6. The van der Waals surface area contributed by atoms with E-state index in [1.165, 1.54) is 0 Å². The zero-order valence-electron chi connectivity index (χ0n) is 18.0. The van der Waals surface area contributed by atoms with Gasteiger partial charge in [-0.25, -0.2) is 4.98 Å². The Morgan fingerprint density at radius 1 is 1.32 bits per heavy atom. The number of rotatable bonds is 6. The first-order valence-electron chi connectivity index (χ1n) is 10.7. The van der Waals surface area contributed by atoms with Crippen LogP contribution < -0.4 is 10.1 Å². The Kier molecular flexibility index (Phi) is 6.50. The van der Waals surface area contributed by atoms with Crippen molar-refractivity contribution in [2.24, 2.45) is 5.92 Å². The van der Waals surface area contributed by atoms with Crippen LogP contribution in [0.25, 0.3) is 0 Å². The first-order valence-corrected chi connectivity index (χ1v) is 10.7. The first-order chi connectivity index (χ1) is 15.0. The molecule has 166 valence electrons. The van der Waals surface area contributed by atoms with Crippen molar-refractivity contribution in [3.05, 3.63) is 41.5 Å². The molecule has 0 saturated carbocycles. The molecule has 1 aromatic carbocycles. The summed E-state index contributed by atoms with van der Waals surface area (Å²) in [5.41, 5.74) is 0.879. The number of H-pyrrole nitrogens is 1. The fourth-order valence-electron chi connectivity index (χ4n) is 4.31. The summed E-state index contributed by atoms with van der Waals surface area (Å²) in [6.45, 7) is 3.51. The largest absolute Gasteiger partial charge is 0.497 e. The van der Waals surface area contributed by atoms with Gasteiger partial charge in [-0.3, -0.25) is 14.7 Å². The molecule has 0 aliphatic carbocycles. The molecule has 0 spiro atoms. The molecule has 2 fully saturated rings. The number of aromatic nitrogens is 3. The molecule has 9 nitrogen and oxygen atoms in total. The highest BCUT2D eigenvalue weighted by atomic mass is 16.5. The van der Waals surface area contributed by atoms with E-state index in [9.17, 15) is 9.59 Å². The molecule has 3 heterocycles. The van der Waals surface area contributed by atoms with Gasteiger partial charge in [0.15, 0.2) is 5.82 Å². The Bertz CT molecular complexity index is 924. The van der Waals surface area contributed by atoms with Crippen molar-refractivity contribution in [2.45, 2.75) is 44.7 Å². The number of aryl methyl sites for hydroxylation is 1. The summed E-state index contributed by atoms with van der Waals surface area (Å²) < 4.78 is 10.6. The van der Waals surface area contributed by atoms with Crippen LogP contribution in [0.2, 0.25) is 0 Å². The van der Waals surface area contributed by atoms with Crippen LogP contribution in [0, 0.1) is 12.8 Å². The van der Waals surface area contributed by atoms with E-state index < -0.39 is 0 Å². The molecule has 2 aliphatic heterocycles. The zero-order chi connectivity index (χ0) is 21.8. The molecule has 31 heavy (non-hydrogen) atoms. The van der Waals surface area contributed by atoms with Gasteiger partial charge in [0, 0.05) is 31.7 Å². The number of carbonyl (C=O) groups excluding carboxylic acids is 2. The average Bonchev–Trinajstić information content (AvgIpc) is 3.40. The zero-order valence-corrected chi connectivity index (χ0v) is 18.0. The van der Waals surface area contributed by atoms with Gasteiger partial charge in [-0.05, 0) is 43.9 Å². The predicted molar refractivity (Wildman–Crippen MR) is 112 cm³/mol. The minimum Gasteiger partial charge on any atom is -0.497 e. The Morgan fingerprint density at radius 3 is 2.84 bits per heavy atom. The number of aromatic amines is 1. The lowest BCUT2D eigenvalue weighted by Crippen LogP contribution is -2.42. The molecular weight excluding hydrogens is 398 g/mol. The van der Waals surface area contributed by atoms with Gasteiger partial charge in [0.25, 0.3) is 0 Å². The number of methoxy groups -OCH3 is 1. The summed E-state index contributed by atoms with van der Waals surface area (Å²) in [6, 6.07) is 7.09. The maximum atomic E-state index is 13.2. The second-order valence-electron chi connectivity index (χ2n) is 8.20. The summed E-state index contributed by atoms with van der Waals surface area (Å²) >= 11 is 0. The van der Waals surface area contributed by atoms with Crippen LogP contribution in [-0.4, -0.2) is 64.8 Å². The van der Waals surface area contributed by atoms with Crippen LogP contribution in [0.5, 0.6) is 5.75 Å². The number of hydrogen-bond donors (Lipinski definition) is 2. The molecule has 2 aromatic rings. The number of likely N-dealkylation sites (tertiary alicyclic amines) is 1. The number of carbonyl (C=O) groups is 2. The van der Waals surface area contributed by atoms with E-state index in [1.54, 1.807) is 12.0 Å². The maximum Gasteiger partial charge on any atom is 0.227 e. The molecule has 0 bridgehead atoms. The normalized spacial score (nSPS) is 21.8. The van der Waals surface area contributed by atoms with Gasteiger partial charge in [0.2, 0.25) is 11.8 Å². The quantitative estimate of drug-likeness (QED) is 0.724. The van der Waals surface area contributed by atoms with Gasteiger partial charge in [0.05, 0.1) is 19.6 Å². The van der Waals surface area contributed by atoms with Crippen molar-refractivity contribution in [3.8, 4) is 5.75 Å². The second kappa shape index (κ2) is 9.47. The lowest BCUT2D eigenvalue weighted by molar-refractivity contribution is -0.132. The third-order valence-corrected chi connectivity index (χ3v) is 5.96. The molecule has 2 N–H and O–H groups in total. The number of ether oxygens (including phenoxy) is 2. The topological polar surface area (TPSA) is 109 Å². The molecule has 0 unspecified atom stereocenters. The minimum atomic E-state index is -0.275. The first kappa shape index (κ1) is 21.3. The summed E-state index contributed by atoms with van der Waals surface area (Å²) in [7, 11) is 1.61. The molecule has 4 rings (SSSR count). The summed E-state index contributed by atoms with van der Waals surface area (Å²) in [6.07, 6.45) is 2.31. The molecule has 2 aliphatic rings. The number of benzene rings is 1. The molecule has 2 saturated heterocycles. The smallest absolute Gasteiger partial charge is 0.227 e. The molecule has 1 aromatic heterocycles. The number of amides is 2. The molecule has 2 amide bonds. The van der Waals surface area contributed by atoms with Crippen LogP contribution in [0.3, 0.4) is 0 Å². The van der Waals surface area contributed by atoms with Crippen molar-refractivity contribution in [3.63, 3.8) is 0 Å². The van der Waals surface area contributed by atoms with Crippen LogP contribution in [0.4, 0.5) is 0 Å². The molecule has 0 radical (unpaired) electrons. The Morgan fingerprint density at radius 2 is 2.13 bits per heavy atom. The highest BCUT2D eigenvalue weighted by Crippen LogP contribution is 2.31. The second-order valence-corrected chi connectivity index (χ2v) is 8.20. The third kappa shape index (κ3) is 5.04. The number of nitrogens with one attached hydrogen (secondary N) is 2. The third-order valence-electron chi connectivity index (χ3n) is 5.96. The maximum absolute atomic E-state index is 13.2. The fourth-order valence-corrected chi connectivity index (χ4v) is 4.31. The van der Waals surface area contributed by atoms with Gasteiger partial charge in [-0.2, -0.15) is 5.10 Å². The van der Waals surface area contributed by atoms with E-state index in [0.29, 0.717) is 37.8 Å². The molecule has 9 heteroatoms. The summed E-state index contributed by atoms with van der Waals surface area (Å²) in [5, 5.41) is 10.3. The van der Waals surface area contributed by atoms with Crippen molar-refractivity contribution in [1.29, 1.82) is 0 Å². The van der Waals surface area contributed by atoms with Gasteiger partial charge in [0.1, 0.15) is 11.6 Å². The lowest BCUT2D eigenvalue weighted by Gasteiger charge is -2.24. The van der Waals surface area contributed by atoms with Gasteiger partial charge < -0.3 is 19.7 Å². The van der Waals surface area contributed by atoms with Crippen molar-refractivity contribution < 1.29 is 19.1 Å². The highest BCUT2D eigenvalue weighted by molar-refractivity contribution is 5.81. The monoisotopic (exact) mass is 427 g/mol. The van der Waals surface area contributed by atoms with E-state index in [1.807, 2.05) is 31.2 Å². The standard InChI is InChI=1S/C22H29N5O4/c1-14-23-21(26-25-14)19-12-17(24-22(29)16-6-8-31-9-7-16)13-27(19)20(28)11-15-4-3-5-18(10-15)30-2/h3-5,10,16-17,19H,6-9,11-13H2,1-2H3,(H,24,29)(H,23,25,26)/t17-,19-/m0/s1. The van der Waals surface area contributed by atoms with E-state index in [4.69, 9.17) is 9.47 Å². The van der Waals surface area contributed by atoms with Crippen molar-refractivity contribution >= 4 is 11.8 Å². The SMILES string of the molecule is COc1cccc(CC(=O)N2C[C@@H](NC(=O)C3CCOCC3)C[C@H]2c2n[nH]c(C)n2)c1. The number of nitrogens with zero attached hydrogens (tertiary/aromatic N) is 3. The minimum absolute atomic E-state index is 0.0245. The molecular formula is C22H29N5O4. The van der Waals surface area contributed by atoms with Crippen LogP contribution >= 0.6 is 0 Å². The summed E-state index contributed by atoms with van der Waals surface area (Å²) in [5.74, 6) is 1.99. The Balaban J connectivity index is 1.47. The fraction of sp³-hybridized carbons (Fsp3) is 0.545. The van der Waals surface area contributed by atoms with Gasteiger partial charge in [-0.15, -0.1) is 0 Å². The average molecular weight is 428 g/mol. The Labute approximate surface area is 181 Å². The van der Waals surface area contributed by atoms with Crippen molar-refractivity contribution in [1.82, 2.24) is 25.4 Å².